The fourth-order valence-corrected chi connectivity index (χ4v) is 4.21. The Labute approximate surface area is 157 Å². The summed E-state index contributed by atoms with van der Waals surface area (Å²) in [5.41, 5.74) is 6.20. The van der Waals surface area contributed by atoms with Gasteiger partial charge in [-0.25, -0.2) is 9.78 Å². The lowest BCUT2D eigenvalue weighted by atomic mass is 10.1. The molecule has 0 radical (unpaired) electrons. The first-order valence-corrected chi connectivity index (χ1v) is 8.92. The molecule has 4 rings (SSSR count). The number of fused-ring (bicyclic) bond motifs is 2. The topological polar surface area (TPSA) is 78.9 Å². The van der Waals surface area contributed by atoms with Gasteiger partial charge < -0.3 is 9.67 Å². The van der Waals surface area contributed by atoms with Crippen molar-refractivity contribution in [3.63, 3.8) is 0 Å². The molecule has 27 heavy (non-hydrogen) atoms. The van der Waals surface area contributed by atoms with Crippen molar-refractivity contribution in [2.75, 3.05) is 0 Å². The number of nitrogens with zero attached hydrogens (tertiary/aromatic N) is 3. The first kappa shape index (κ1) is 17.0. The molecule has 0 bridgehead atoms. The number of carbonyl (C=O) groups is 1. The summed E-state index contributed by atoms with van der Waals surface area (Å²) in [5, 5.41) is 19.8. The van der Waals surface area contributed by atoms with Crippen LogP contribution in [-0.2, 0) is 11.2 Å². The Morgan fingerprint density at radius 3 is 2.89 bits per heavy atom. The van der Waals surface area contributed by atoms with Crippen LogP contribution in [0.25, 0.3) is 17.1 Å². The van der Waals surface area contributed by atoms with Crippen LogP contribution in [0.15, 0.2) is 36.4 Å². The van der Waals surface area contributed by atoms with Crippen LogP contribution in [0.3, 0.4) is 0 Å². The smallest absolute Gasteiger partial charge is 0.328 e. The lowest BCUT2D eigenvalue weighted by Crippen LogP contribution is -2.10. The Balaban J connectivity index is 2.08. The molecule has 2 aromatic heterocycles. The van der Waals surface area contributed by atoms with Gasteiger partial charge >= 0.3 is 5.97 Å². The van der Waals surface area contributed by atoms with E-state index < -0.39 is 5.97 Å². The summed E-state index contributed by atoms with van der Waals surface area (Å²) in [5.74, 6) is -1.04. The third-order valence-corrected chi connectivity index (χ3v) is 5.23. The Kier molecular flexibility index (Phi) is 4.04. The molecule has 134 valence electrons. The molecule has 1 aliphatic rings. The predicted octanol–water partition coefficient (Wildman–Crippen LogP) is 4.16. The van der Waals surface area contributed by atoms with Gasteiger partial charge in [0.25, 0.3) is 0 Å². The molecule has 1 N–H and O–H groups in total. The van der Waals surface area contributed by atoms with E-state index in [-0.39, 0.29) is 6.04 Å². The Bertz CT molecular complexity index is 1150. The van der Waals surface area contributed by atoms with E-state index in [1.54, 1.807) is 0 Å². The number of hydrogen-bond donors (Lipinski definition) is 1. The van der Waals surface area contributed by atoms with Crippen molar-refractivity contribution in [3.8, 4) is 6.07 Å². The molecule has 0 aliphatic heterocycles. The van der Waals surface area contributed by atoms with Crippen molar-refractivity contribution in [1.82, 2.24) is 9.55 Å². The zero-order valence-corrected chi connectivity index (χ0v) is 15.2. The summed E-state index contributed by atoms with van der Waals surface area (Å²) < 4.78 is 2.05. The van der Waals surface area contributed by atoms with Gasteiger partial charge in [0, 0.05) is 17.2 Å². The highest BCUT2D eigenvalue weighted by Gasteiger charge is 2.29. The fourth-order valence-electron chi connectivity index (χ4n) is 4.21. The summed E-state index contributed by atoms with van der Waals surface area (Å²) in [6, 6.07) is 12.6. The lowest BCUT2D eigenvalue weighted by molar-refractivity contribution is -0.131. The van der Waals surface area contributed by atoms with Crippen LogP contribution in [0.5, 0.6) is 0 Å². The summed E-state index contributed by atoms with van der Waals surface area (Å²) in [6.45, 7) is 3.90. The van der Waals surface area contributed by atoms with Gasteiger partial charge in [-0.3, -0.25) is 0 Å². The Hall–Kier alpha value is -3.39. The van der Waals surface area contributed by atoms with Crippen molar-refractivity contribution in [1.29, 1.82) is 5.26 Å². The molecule has 5 nitrogen and oxygen atoms in total. The van der Waals surface area contributed by atoms with Crippen LogP contribution in [-0.4, -0.2) is 20.6 Å². The zero-order valence-electron chi connectivity index (χ0n) is 15.2. The molecule has 1 unspecified atom stereocenters. The lowest BCUT2D eigenvalue weighted by Gasteiger charge is -2.18. The molecule has 0 fully saturated rings. The van der Waals surface area contributed by atoms with Crippen LogP contribution in [0.4, 0.5) is 0 Å². The van der Waals surface area contributed by atoms with Crippen molar-refractivity contribution < 1.29 is 9.90 Å². The quantitative estimate of drug-likeness (QED) is 0.714. The SMILES string of the molecule is Cc1cc(C)c2c(C#N)c(C=CC(=O)O)n(C3CCc4ccccc43)c2n1. The van der Waals surface area contributed by atoms with E-state index in [1.807, 2.05) is 32.0 Å². The maximum absolute atomic E-state index is 11.1. The van der Waals surface area contributed by atoms with E-state index in [4.69, 9.17) is 10.1 Å². The monoisotopic (exact) mass is 357 g/mol. The average Bonchev–Trinajstić information content (AvgIpc) is 3.18. The molecular formula is C22H19N3O2. The molecule has 2 heterocycles. The van der Waals surface area contributed by atoms with E-state index >= 15 is 0 Å². The second-order valence-electron chi connectivity index (χ2n) is 6.95. The molecule has 1 atom stereocenters. The number of aromatic nitrogens is 2. The molecular weight excluding hydrogens is 338 g/mol. The maximum Gasteiger partial charge on any atom is 0.328 e. The normalized spacial score (nSPS) is 16.0. The van der Waals surface area contributed by atoms with Gasteiger partial charge in [0.2, 0.25) is 0 Å². The number of pyridine rings is 1. The van der Waals surface area contributed by atoms with Gasteiger partial charge in [-0.2, -0.15) is 5.26 Å². The van der Waals surface area contributed by atoms with Crippen molar-refractivity contribution in [3.05, 3.63) is 70.0 Å². The Morgan fingerprint density at radius 1 is 1.37 bits per heavy atom. The van der Waals surface area contributed by atoms with Gasteiger partial charge in [-0.1, -0.05) is 24.3 Å². The van der Waals surface area contributed by atoms with Gasteiger partial charge in [-0.15, -0.1) is 0 Å². The van der Waals surface area contributed by atoms with Gasteiger partial charge in [0.1, 0.15) is 11.7 Å². The highest BCUT2D eigenvalue weighted by atomic mass is 16.4. The molecule has 1 aliphatic carbocycles. The van der Waals surface area contributed by atoms with Gasteiger partial charge in [0.05, 0.1) is 17.3 Å². The number of benzene rings is 1. The molecule has 3 aromatic rings. The molecule has 0 saturated heterocycles. The highest BCUT2D eigenvalue weighted by Crippen LogP contribution is 2.40. The summed E-state index contributed by atoms with van der Waals surface area (Å²) >= 11 is 0. The molecule has 0 saturated carbocycles. The number of aliphatic carboxylic acids is 1. The first-order chi connectivity index (χ1) is 13.0. The number of nitriles is 1. The van der Waals surface area contributed by atoms with Crippen LogP contribution in [0.2, 0.25) is 0 Å². The third kappa shape index (κ3) is 2.70. The van der Waals surface area contributed by atoms with E-state index in [2.05, 4.69) is 22.8 Å². The minimum Gasteiger partial charge on any atom is -0.478 e. The van der Waals surface area contributed by atoms with Crippen LogP contribution in [0, 0.1) is 25.2 Å². The van der Waals surface area contributed by atoms with E-state index in [9.17, 15) is 10.1 Å². The molecule has 0 spiro atoms. The number of carboxylic acids is 1. The second-order valence-corrected chi connectivity index (χ2v) is 6.95. The van der Waals surface area contributed by atoms with E-state index in [1.165, 1.54) is 17.2 Å². The number of aryl methyl sites for hydroxylation is 3. The molecule has 0 amide bonds. The first-order valence-electron chi connectivity index (χ1n) is 8.92. The maximum atomic E-state index is 11.1. The predicted molar refractivity (Wildman–Crippen MR) is 103 cm³/mol. The summed E-state index contributed by atoms with van der Waals surface area (Å²) in [4.78, 5) is 15.9. The van der Waals surface area contributed by atoms with E-state index in [0.717, 1.165) is 41.2 Å². The average molecular weight is 357 g/mol. The number of hydrogen-bond acceptors (Lipinski definition) is 3. The highest BCUT2D eigenvalue weighted by molar-refractivity contribution is 5.94. The standard InChI is InChI=1S/C22H19N3O2/c1-13-11-14(2)24-22-21(13)17(12-23)19(9-10-20(26)27)25(22)18-8-7-15-5-3-4-6-16(15)18/h3-6,9-11,18H,7-8H2,1-2H3,(H,26,27). The zero-order chi connectivity index (χ0) is 19.1. The van der Waals surface area contributed by atoms with Crippen LogP contribution in [0.1, 0.15) is 46.1 Å². The largest absolute Gasteiger partial charge is 0.478 e. The minimum atomic E-state index is -1.04. The minimum absolute atomic E-state index is 0.0351. The van der Waals surface area contributed by atoms with Gasteiger partial charge in [-0.05, 0) is 55.5 Å². The van der Waals surface area contributed by atoms with E-state index in [0.29, 0.717) is 11.3 Å². The summed E-state index contributed by atoms with van der Waals surface area (Å²) in [6.07, 6.45) is 4.47. The second kappa shape index (κ2) is 6.40. The van der Waals surface area contributed by atoms with Crippen molar-refractivity contribution in [2.24, 2.45) is 0 Å². The molecule has 1 aromatic carbocycles. The van der Waals surface area contributed by atoms with Gasteiger partial charge in [0.15, 0.2) is 0 Å². The third-order valence-electron chi connectivity index (χ3n) is 5.23. The van der Waals surface area contributed by atoms with Crippen LogP contribution < -0.4 is 0 Å². The fraction of sp³-hybridized carbons (Fsp3) is 0.227. The Morgan fingerprint density at radius 2 is 2.15 bits per heavy atom. The summed E-state index contributed by atoms with van der Waals surface area (Å²) in [7, 11) is 0. The molecule has 5 heteroatoms. The van der Waals surface area contributed by atoms with Crippen molar-refractivity contribution in [2.45, 2.75) is 32.7 Å². The number of carboxylic acid groups (broad SMARTS) is 1. The van der Waals surface area contributed by atoms with Crippen LogP contribution >= 0.6 is 0 Å². The number of rotatable bonds is 3. The van der Waals surface area contributed by atoms with Crippen molar-refractivity contribution >= 4 is 23.1 Å².